The van der Waals surface area contributed by atoms with Crippen LogP contribution in [-0.2, 0) is 13.1 Å². The largest absolute Gasteiger partial charge is 0.497 e. The molecule has 124 valence electrons. The number of methoxy groups -OCH3 is 2. The lowest BCUT2D eigenvalue weighted by molar-refractivity contribution is 0.182. The lowest BCUT2D eigenvalue weighted by Gasteiger charge is -2.23. The number of nitrogens with zero attached hydrogens (tertiary/aromatic N) is 1. The Morgan fingerprint density at radius 1 is 1.04 bits per heavy atom. The third-order valence-electron chi connectivity index (χ3n) is 3.60. The summed E-state index contributed by atoms with van der Waals surface area (Å²) in [5, 5.41) is 9.29. The molecule has 0 bridgehead atoms. The summed E-state index contributed by atoms with van der Waals surface area (Å²) in [4.78, 5) is 2.04. The van der Waals surface area contributed by atoms with E-state index in [4.69, 9.17) is 9.47 Å². The molecule has 0 aliphatic carbocycles. The van der Waals surface area contributed by atoms with Gasteiger partial charge in [0.15, 0.2) is 0 Å². The summed E-state index contributed by atoms with van der Waals surface area (Å²) in [6, 6.07) is 12.1. The number of ether oxygens (including phenoxy) is 2. The lowest BCUT2D eigenvalue weighted by atomic mass is 10.1. The van der Waals surface area contributed by atoms with E-state index in [1.54, 1.807) is 20.3 Å². The van der Waals surface area contributed by atoms with Crippen LogP contribution >= 0.6 is 0 Å². The Labute approximate surface area is 136 Å². The summed E-state index contributed by atoms with van der Waals surface area (Å²) < 4.78 is 23.9. The van der Waals surface area contributed by atoms with Crippen LogP contribution in [0.2, 0.25) is 0 Å². The molecular formula is C18H22FNO3. The van der Waals surface area contributed by atoms with Gasteiger partial charge in [-0.05, 0) is 23.8 Å². The third kappa shape index (κ3) is 4.94. The maximum Gasteiger partial charge on any atom is 0.127 e. The zero-order valence-corrected chi connectivity index (χ0v) is 13.5. The average Bonchev–Trinajstić information content (AvgIpc) is 2.55. The maximum atomic E-state index is 13.3. The Hall–Kier alpha value is -2.11. The molecule has 0 saturated carbocycles. The fraction of sp³-hybridized carbons (Fsp3) is 0.333. The number of halogens is 1. The summed E-state index contributed by atoms with van der Waals surface area (Å²) in [5.74, 6) is 1.20. The minimum absolute atomic E-state index is 0.0355. The van der Waals surface area contributed by atoms with Crippen molar-refractivity contribution >= 4 is 0 Å². The molecule has 0 aliphatic rings. The minimum Gasteiger partial charge on any atom is -0.497 e. The number of rotatable bonds is 8. The van der Waals surface area contributed by atoms with E-state index in [1.165, 1.54) is 12.1 Å². The molecule has 2 aromatic rings. The van der Waals surface area contributed by atoms with Gasteiger partial charge in [-0.15, -0.1) is 0 Å². The van der Waals surface area contributed by atoms with Crippen molar-refractivity contribution in [2.45, 2.75) is 13.1 Å². The van der Waals surface area contributed by atoms with Gasteiger partial charge >= 0.3 is 0 Å². The van der Waals surface area contributed by atoms with Crippen molar-refractivity contribution < 1.29 is 19.0 Å². The molecule has 0 spiro atoms. The van der Waals surface area contributed by atoms with Crippen molar-refractivity contribution in [3.8, 4) is 11.5 Å². The highest BCUT2D eigenvalue weighted by molar-refractivity contribution is 5.40. The first kappa shape index (κ1) is 17.2. The van der Waals surface area contributed by atoms with E-state index in [-0.39, 0.29) is 12.4 Å². The van der Waals surface area contributed by atoms with Crippen LogP contribution < -0.4 is 9.47 Å². The van der Waals surface area contributed by atoms with Crippen molar-refractivity contribution in [2.75, 3.05) is 27.4 Å². The quantitative estimate of drug-likeness (QED) is 0.812. The van der Waals surface area contributed by atoms with Gasteiger partial charge in [0.1, 0.15) is 17.3 Å². The molecule has 0 fully saturated rings. The summed E-state index contributed by atoms with van der Waals surface area (Å²) >= 11 is 0. The Balaban J connectivity index is 2.15. The zero-order chi connectivity index (χ0) is 16.7. The van der Waals surface area contributed by atoms with Crippen LogP contribution in [0.4, 0.5) is 4.39 Å². The molecule has 0 saturated heterocycles. The topological polar surface area (TPSA) is 41.9 Å². The Kier molecular flexibility index (Phi) is 6.38. The Bertz CT molecular complexity index is 633. The van der Waals surface area contributed by atoms with Crippen LogP contribution in [0.5, 0.6) is 11.5 Å². The summed E-state index contributed by atoms with van der Waals surface area (Å²) in [6.07, 6.45) is 0. The molecule has 2 aromatic carbocycles. The van der Waals surface area contributed by atoms with Crippen molar-refractivity contribution in [2.24, 2.45) is 0 Å². The third-order valence-corrected chi connectivity index (χ3v) is 3.60. The number of aliphatic hydroxyl groups is 1. The van der Waals surface area contributed by atoms with E-state index in [0.717, 1.165) is 22.6 Å². The first-order chi connectivity index (χ1) is 11.2. The van der Waals surface area contributed by atoms with Gasteiger partial charge in [0.2, 0.25) is 0 Å². The standard InChI is InChI=1S/C18H22FNO3/c1-22-17-7-6-15(18(11-17)23-2)13-20(8-9-21)12-14-4-3-5-16(19)10-14/h3-7,10-11,21H,8-9,12-13H2,1-2H3. The molecule has 0 aromatic heterocycles. The SMILES string of the molecule is COc1ccc(CN(CCO)Cc2cccc(F)c2)c(OC)c1. The van der Waals surface area contributed by atoms with E-state index < -0.39 is 0 Å². The number of hydrogen-bond acceptors (Lipinski definition) is 4. The summed E-state index contributed by atoms with van der Waals surface area (Å²) in [7, 11) is 3.22. The first-order valence-corrected chi connectivity index (χ1v) is 7.45. The van der Waals surface area contributed by atoms with Gasteiger partial charge in [0.05, 0.1) is 20.8 Å². The molecule has 0 radical (unpaired) electrons. The van der Waals surface area contributed by atoms with Gasteiger partial charge in [-0.3, -0.25) is 4.90 Å². The second-order valence-corrected chi connectivity index (χ2v) is 5.24. The fourth-order valence-corrected chi connectivity index (χ4v) is 2.47. The highest BCUT2D eigenvalue weighted by Gasteiger charge is 2.12. The number of aliphatic hydroxyl groups excluding tert-OH is 1. The summed E-state index contributed by atoms with van der Waals surface area (Å²) in [5.41, 5.74) is 1.85. The molecule has 23 heavy (non-hydrogen) atoms. The number of benzene rings is 2. The van der Waals surface area contributed by atoms with Gasteiger partial charge < -0.3 is 14.6 Å². The highest BCUT2D eigenvalue weighted by atomic mass is 19.1. The van der Waals surface area contributed by atoms with Crippen LogP contribution in [0.25, 0.3) is 0 Å². The molecule has 4 nitrogen and oxygen atoms in total. The average molecular weight is 319 g/mol. The van der Waals surface area contributed by atoms with Crippen LogP contribution in [0.1, 0.15) is 11.1 Å². The lowest BCUT2D eigenvalue weighted by Crippen LogP contribution is -2.26. The molecule has 2 rings (SSSR count). The maximum absolute atomic E-state index is 13.3. The first-order valence-electron chi connectivity index (χ1n) is 7.45. The van der Waals surface area contributed by atoms with Crippen molar-refractivity contribution in [3.05, 3.63) is 59.4 Å². The molecular weight excluding hydrogens is 297 g/mol. The Morgan fingerprint density at radius 3 is 2.52 bits per heavy atom. The smallest absolute Gasteiger partial charge is 0.127 e. The second kappa shape index (κ2) is 8.50. The van der Waals surface area contributed by atoms with Gasteiger partial charge in [-0.2, -0.15) is 0 Å². The monoisotopic (exact) mass is 319 g/mol. The van der Waals surface area contributed by atoms with E-state index in [0.29, 0.717) is 19.6 Å². The normalized spacial score (nSPS) is 10.8. The highest BCUT2D eigenvalue weighted by Crippen LogP contribution is 2.26. The van der Waals surface area contributed by atoms with Gasteiger partial charge in [0, 0.05) is 31.3 Å². The fourth-order valence-electron chi connectivity index (χ4n) is 2.47. The molecule has 0 amide bonds. The van der Waals surface area contributed by atoms with Gasteiger partial charge in [-0.25, -0.2) is 4.39 Å². The van der Waals surface area contributed by atoms with Crippen molar-refractivity contribution in [1.82, 2.24) is 4.90 Å². The van der Waals surface area contributed by atoms with Crippen molar-refractivity contribution in [1.29, 1.82) is 0 Å². The minimum atomic E-state index is -0.256. The van der Waals surface area contributed by atoms with Crippen molar-refractivity contribution in [3.63, 3.8) is 0 Å². The molecule has 1 N–H and O–H groups in total. The predicted molar refractivity (Wildman–Crippen MR) is 87.1 cm³/mol. The van der Waals surface area contributed by atoms with Crippen LogP contribution in [0.15, 0.2) is 42.5 Å². The molecule has 0 aliphatic heterocycles. The molecule has 5 heteroatoms. The van der Waals surface area contributed by atoms with Crippen LogP contribution in [-0.4, -0.2) is 37.4 Å². The molecule has 0 heterocycles. The zero-order valence-electron chi connectivity index (χ0n) is 13.5. The van der Waals surface area contributed by atoms with E-state index in [9.17, 15) is 9.50 Å². The predicted octanol–water partition coefficient (Wildman–Crippen LogP) is 2.84. The van der Waals surface area contributed by atoms with E-state index >= 15 is 0 Å². The van der Waals surface area contributed by atoms with Crippen LogP contribution in [0.3, 0.4) is 0 Å². The van der Waals surface area contributed by atoms with Gasteiger partial charge in [-0.1, -0.05) is 18.2 Å². The summed E-state index contributed by atoms with van der Waals surface area (Å²) in [6.45, 7) is 1.66. The molecule has 0 atom stereocenters. The Morgan fingerprint density at radius 2 is 1.87 bits per heavy atom. The second-order valence-electron chi connectivity index (χ2n) is 5.24. The molecule has 0 unspecified atom stereocenters. The van der Waals surface area contributed by atoms with E-state index in [2.05, 4.69) is 0 Å². The van der Waals surface area contributed by atoms with Crippen LogP contribution in [0, 0.1) is 5.82 Å². The van der Waals surface area contributed by atoms with Gasteiger partial charge in [0.25, 0.3) is 0 Å². The number of hydrogen-bond donors (Lipinski definition) is 1. The van der Waals surface area contributed by atoms with E-state index in [1.807, 2.05) is 29.2 Å².